The molecular weight excluding hydrogens is 430 g/mol. The molecule has 0 spiro atoms. The topological polar surface area (TPSA) is 122 Å². The maximum Gasteiger partial charge on any atom is 0.332 e. The van der Waals surface area contributed by atoms with Crippen LogP contribution in [0.25, 0.3) is 21.9 Å². The number of furan rings is 1. The SMILES string of the molecule is Cn1cnc2c1c(=O)n(CCCS(=O)(=O)Cc1csc(-c3ccco3)n1)c(=O)n2C. The van der Waals surface area contributed by atoms with Gasteiger partial charge in [-0.3, -0.25) is 13.9 Å². The van der Waals surface area contributed by atoms with Crippen LogP contribution in [0.5, 0.6) is 0 Å². The first-order chi connectivity index (χ1) is 14.3. The third-order valence-corrected chi connectivity index (χ3v) is 7.24. The van der Waals surface area contributed by atoms with Crippen molar-refractivity contribution in [3.05, 3.63) is 56.6 Å². The average molecular weight is 450 g/mol. The van der Waals surface area contributed by atoms with Crippen LogP contribution in [0.2, 0.25) is 0 Å². The van der Waals surface area contributed by atoms with Gasteiger partial charge in [0.25, 0.3) is 5.56 Å². The predicted molar refractivity (Wildman–Crippen MR) is 112 cm³/mol. The highest BCUT2D eigenvalue weighted by Gasteiger charge is 2.18. The minimum absolute atomic E-state index is 0.000563. The van der Waals surface area contributed by atoms with E-state index in [1.54, 1.807) is 29.1 Å². The van der Waals surface area contributed by atoms with Crippen molar-refractivity contribution in [3.8, 4) is 10.8 Å². The lowest BCUT2D eigenvalue weighted by atomic mass is 10.4. The van der Waals surface area contributed by atoms with Gasteiger partial charge in [0.15, 0.2) is 31.8 Å². The van der Waals surface area contributed by atoms with Gasteiger partial charge in [-0.2, -0.15) is 0 Å². The van der Waals surface area contributed by atoms with Crippen molar-refractivity contribution in [2.24, 2.45) is 14.1 Å². The molecular formula is C18H19N5O5S2. The molecule has 4 aromatic heterocycles. The lowest BCUT2D eigenvalue weighted by molar-refractivity contribution is 0.568. The number of aromatic nitrogens is 5. The third-order valence-electron chi connectivity index (χ3n) is 4.69. The molecule has 158 valence electrons. The second-order valence-corrected chi connectivity index (χ2v) is 9.94. The molecule has 0 fully saturated rings. The van der Waals surface area contributed by atoms with E-state index < -0.39 is 21.1 Å². The molecule has 0 bridgehead atoms. The molecule has 10 nitrogen and oxygen atoms in total. The lowest BCUT2D eigenvalue weighted by Gasteiger charge is -2.09. The van der Waals surface area contributed by atoms with Gasteiger partial charge in [-0.25, -0.2) is 23.2 Å². The van der Waals surface area contributed by atoms with Crippen molar-refractivity contribution in [2.45, 2.75) is 18.7 Å². The normalized spacial score (nSPS) is 12.1. The van der Waals surface area contributed by atoms with Gasteiger partial charge in [-0.05, 0) is 18.6 Å². The monoisotopic (exact) mass is 449 g/mol. The molecule has 4 aromatic rings. The number of aryl methyl sites for hydroxylation is 2. The van der Waals surface area contributed by atoms with E-state index in [0.29, 0.717) is 27.6 Å². The molecule has 12 heteroatoms. The minimum atomic E-state index is -3.46. The van der Waals surface area contributed by atoms with Crippen LogP contribution in [0.3, 0.4) is 0 Å². The van der Waals surface area contributed by atoms with E-state index in [2.05, 4.69) is 9.97 Å². The number of fused-ring (bicyclic) bond motifs is 1. The van der Waals surface area contributed by atoms with Gasteiger partial charge in [0.05, 0.1) is 29.8 Å². The highest BCUT2D eigenvalue weighted by atomic mass is 32.2. The molecule has 0 atom stereocenters. The highest BCUT2D eigenvalue weighted by Crippen LogP contribution is 2.24. The molecule has 0 saturated carbocycles. The quantitative estimate of drug-likeness (QED) is 0.415. The summed E-state index contributed by atoms with van der Waals surface area (Å²) in [6.45, 7) is 0.000563. The standard InChI is InChI=1S/C18H19N5O5S2/c1-21-11-19-15-14(21)17(24)23(18(25)22(15)2)6-4-8-30(26,27)10-12-9-29-16(20-12)13-5-3-7-28-13/h3,5,7,9,11H,4,6,8,10H2,1-2H3. The van der Waals surface area contributed by atoms with Gasteiger partial charge >= 0.3 is 5.69 Å². The summed E-state index contributed by atoms with van der Waals surface area (Å²) in [4.78, 5) is 33.5. The van der Waals surface area contributed by atoms with Gasteiger partial charge in [-0.1, -0.05) is 0 Å². The lowest BCUT2D eigenvalue weighted by Crippen LogP contribution is -2.40. The fraction of sp³-hybridized carbons (Fsp3) is 0.333. The summed E-state index contributed by atoms with van der Waals surface area (Å²) in [6.07, 6.45) is 3.13. The number of rotatable bonds is 7. The van der Waals surface area contributed by atoms with E-state index in [4.69, 9.17) is 4.42 Å². The summed E-state index contributed by atoms with van der Waals surface area (Å²) in [5, 5.41) is 2.30. The molecule has 0 aromatic carbocycles. The first-order valence-electron chi connectivity index (χ1n) is 9.06. The van der Waals surface area contributed by atoms with Gasteiger partial charge in [0.1, 0.15) is 0 Å². The Morgan fingerprint density at radius 1 is 1.23 bits per heavy atom. The van der Waals surface area contributed by atoms with Crippen LogP contribution in [0.1, 0.15) is 12.1 Å². The van der Waals surface area contributed by atoms with Crippen molar-refractivity contribution in [1.82, 2.24) is 23.7 Å². The van der Waals surface area contributed by atoms with E-state index in [-0.39, 0.29) is 24.5 Å². The van der Waals surface area contributed by atoms with Crippen molar-refractivity contribution in [3.63, 3.8) is 0 Å². The first-order valence-corrected chi connectivity index (χ1v) is 11.8. The third kappa shape index (κ3) is 3.75. The Kier molecular flexibility index (Phi) is 5.20. The smallest absolute Gasteiger partial charge is 0.332 e. The molecule has 0 aliphatic rings. The second-order valence-electron chi connectivity index (χ2n) is 6.89. The number of imidazole rings is 1. The molecule has 0 unspecified atom stereocenters. The summed E-state index contributed by atoms with van der Waals surface area (Å²) in [6, 6.07) is 3.50. The fourth-order valence-electron chi connectivity index (χ4n) is 3.22. The molecule has 0 saturated heterocycles. The molecule has 0 aliphatic heterocycles. The number of sulfone groups is 1. The minimum Gasteiger partial charge on any atom is -0.462 e. The van der Waals surface area contributed by atoms with E-state index in [1.807, 2.05) is 0 Å². The highest BCUT2D eigenvalue weighted by molar-refractivity contribution is 7.90. The zero-order chi connectivity index (χ0) is 21.5. The zero-order valence-corrected chi connectivity index (χ0v) is 17.9. The number of thiazole rings is 1. The van der Waals surface area contributed by atoms with Crippen molar-refractivity contribution in [1.29, 1.82) is 0 Å². The summed E-state index contributed by atoms with van der Waals surface area (Å²) in [5.41, 5.74) is 0.0372. The largest absolute Gasteiger partial charge is 0.462 e. The number of nitrogens with zero attached hydrogens (tertiary/aromatic N) is 5. The van der Waals surface area contributed by atoms with Crippen molar-refractivity contribution < 1.29 is 12.8 Å². The summed E-state index contributed by atoms with van der Waals surface area (Å²) >= 11 is 1.31. The molecule has 0 radical (unpaired) electrons. The van der Waals surface area contributed by atoms with Crippen molar-refractivity contribution >= 4 is 32.3 Å². The van der Waals surface area contributed by atoms with Gasteiger partial charge in [-0.15, -0.1) is 11.3 Å². The first kappa shape index (κ1) is 20.3. The summed E-state index contributed by atoms with van der Waals surface area (Å²) in [5.74, 6) is 0.210. The number of hydrogen-bond donors (Lipinski definition) is 0. The molecule has 4 heterocycles. The Balaban J connectivity index is 1.47. The molecule has 30 heavy (non-hydrogen) atoms. The Morgan fingerprint density at radius 3 is 2.77 bits per heavy atom. The van der Waals surface area contributed by atoms with E-state index in [0.717, 1.165) is 4.57 Å². The second kappa shape index (κ2) is 7.69. The fourth-order valence-corrected chi connectivity index (χ4v) is 5.42. The van der Waals surface area contributed by atoms with Crippen LogP contribution in [0, 0.1) is 0 Å². The zero-order valence-electron chi connectivity index (χ0n) is 16.3. The van der Waals surface area contributed by atoms with Crippen molar-refractivity contribution in [2.75, 3.05) is 5.75 Å². The molecule has 0 amide bonds. The van der Waals surface area contributed by atoms with E-state index in [9.17, 15) is 18.0 Å². The van der Waals surface area contributed by atoms with E-state index in [1.165, 1.54) is 35.5 Å². The van der Waals surface area contributed by atoms with Crippen LogP contribution in [0.4, 0.5) is 0 Å². The Morgan fingerprint density at radius 2 is 2.03 bits per heavy atom. The van der Waals surface area contributed by atoms with Crippen LogP contribution in [-0.4, -0.2) is 37.8 Å². The predicted octanol–water partition coefficient (Wildman–Crippen LogP) is 1.16. The molecule has 0 aliphatic carbocycles. The van der Waals surface area contributed by atoms with Crippen LogP contribution < -0.4 is 11.2 Å². The van der Waals surface area contributed by atoms with Crippen LogP contribution in [0.15, 0.2) is 44.1 Å². The molecule has 4 rings (SSSR count). The van der Waals surface area contributed by atoms with Gasteiger partial charge in [0, 0.05) is 26.0 Å². The van der Waals surface area contributed by atoms with Crippen LogP contribution >= 0.6 is 11.3 Å². The molecule has 0 N–H and O–H groups in total. The summed E-state index contributed by atoms with van der Waals surface area (Å²) < 4.78 is 34.2. The summed E-state index contributed by atoms with van der Waals surface area (Å²) in [7, 11) is -0.266. The Labute approximate surface area is 175 Å². The van der Waals surface area contributed by atoms with Gasteiger partial charge in [0.2, 0.25) is 0 Å². The number of hydrogen-bond acceptors (Lipinski definition) is 8. The Hall–Kier alpha value is -2.99. The van der Waals surface area contributed by atoms with E-state index >= 15 is 0 Å². The van der Waals surface area contributed by atoms with Crippen LogP contribution in [-0.2, 0) is 36.2 Å². The Bertz CT molecular complexity index is 1420. The maximum absolute atomic E-state index is 12.7. The average Bonchev–Trinajstić information content (AvgIpc) is 3.43. The maximum atomic E-state index is 12.7. The van der Waals surface area contributed by atoms with Gasteiger partial charge < -0.3 is 8.98 Å².